The van der Waals surface area contributed by atoms with Crippen molar-refractivity contribution in [1.82, 2.24) is 5.32 Å². The molecule has 0 fully saturated rings. The summed E-state index contributed by atoms with van der Waals surface area (Å²) in [6.07, 6.45) is 0. The van der Waals surface area contributed by atoms with Crippen molar-refractivity contribution in [3.8, 4) is 0 Å². The van der Waals surface area contributed by atoms with Gasteiger partial charge < -0.3 is 11.1 Å². The molecule has 0 radical (unpaired) electrons. The zero-order valence-electron chi connectivity index (χ0n) is 10.9. The van der Waals surface area contributed by atoms with Crippen LogP contribution in [0.15, 0.2) is 36.4 Å². The van der Waals surface area contributed by atoms with Gasteiger partial charge in [0, 0.05) is 12.2 Å². The van der Waals surface area contributed by atoms with Crippen LogP contribution in [0.25, 0.3) is 0 Å². The first-order chi connectivity index (χ1) is 9.47. The van der Waals surface area contributed by atoms with E-state index in [0.29, 0.717) is 12.2 Å². The summed E-state index contributed by atoms with van der Waals surface area (Å²) in [4.78, 5) is 12.1. The number of carbonyl (C=O) groups excluding carboxylic acids is 1. The summed E-state index contributed by atoms with van der Waals surface area (Å²) in [6, 6.07) is 10.9. The summed E-state index contributed by atoms with van der Waals surface area (Å²) in [7, 11) is 0. The van der Waals surface area contributed by atoms with Gasteiger partial charge in [0.2, 0.25) is 0 Å². The lowest BCUT2D eigenvalue weighted by atomic mass is 10.1. The van der Waals surface area contributed by atoms with E-state index < -0.39 is 0 Å². The van der Waals surface area contributed by atoms with Gasteiger partial charge >= 0.3 is 0 Å². The molecule has 3 nitrogen and oxygen atoms in total. The maximum Gasteiger partial charge on any atom is 0.253 e. The standard InChI is InChI=1S/C15H14Cl2N2O/c1-9-2-4-10(5-3-9)8-19-15(20)12-6-11(18)7-13(16)14(12)17/h2-7H,8,18H2,1H3,(H,19,20). The fraction of sp³-hybridized carbons (Fsp3) is 0.133. The van der Waals surface area contributed by atoms with E-state index in [9.17, 15) is 4.79 Å². The summed E-state index contributed by atoms with van der Waals surface area (Å²) in [5, 5.41) is 3.27. The molecule has 0 aliphatic rings. The summed E-state index contributed by atoms with van der Waals surface area (Å²) < 4.78 is 0. The van der Waals surface area contributed by atoms with Crippen molar-refractivity contribution < 1.29 is 4.79 Å². The second-order valence-corrected chi connectivity index (χ2v) is 5.32. The van der Waals surface area contributed by atoms with Crippen LogP contribution >= 0.6 is 23.2 Å². The lowest BCUT2D eigenvalue weighted by Gasteiger charge is -2.09. The van der Waals surface area contributed by atoms with Gasteiger partial charge in [-0.2, -0.15) is 0 Å². The van der Waals surface area contributed by atoms with Crippen LogP contribution in [0.1, 0.15) is 21.5 Å². The molecule has 2 aromatic rings. The number of anilines is 1. The van der Waals surface area contributed by atoms with Crippen LogP contribution in [0.5, 0.6) is 0 Å². The lowest BCUT2D eigenvalue weighted by Crippen LogP contribution is -2.23. The number of carbonyl (C=O) groups is 1. The van der Waals surface area contributed by atoms with Crippen molar-refractivity contribution >= 4 is 34.8 Å². The number of nitrogens with one attached hydrogen (secondary N) is 1. The molecule has 0 bridgehead atoms. The smallest absolute Gasteiger partial charge is 0.253 e. The molecule has 0 aromatic heterocycles. The van der Waals surface area contributed by atoms with Gasteiger partial charge in [-0.15, -0.1) is 0 Å². The van der Waals surface area contributed by atoms with Crippen molar-refractivity contribution in [3.05, 3.63) is 63.1 Å². The Labute approximate surface area is 127 Å². The second kappa shape index (κ2) is 6.16. The van der Waals surface area contributed by atoms with E-state index >= 15 is 0 Å². The van der Waals surface area contributed by atoms with Gasteiger partial charge in [0.15, 0.2) is 0 Å². The zero-order chi connectivity index (χ0) is 14.7. The molecule has 0 unspecified atom stereocenters. The Hall–Kier alpha value is -1.71. The van der Waals surface area contributed by atoms with Crippen molar-refractivity contribution in [1.29, 1.82) is 0 Å². The molecule has 0 aliphatic heterocycles. The predicted molar refractivity (Wildman–Crippen MR) is 83.2 cm³/mol. The minimum atomic E-state index is -0.301. The third-order valence-corrected chi connectivity index (χ3v) is 3.67. The number of rotatable bonds is 3. The highest BCUT2D eigenvalue weighted by molar-refractivity contribution is 6.44. The molecule has 1 amide bonds. The van der Waals surface area contributed by atoms with Crippen molar-refractivity contribution in [3.63, 3.8) is 0 Å². The van der Waals surface area contributed by atoms with Crippen LogP contribution in [-0.4, -0.2) is 5.91 Å². The average molecular weight is 309 g/mol. The maximum absolute atomic E-state index is 12.1. The Morgan fingerprint density at radius 3 is 2.50 bits per heavy atom. The molecule has 104 valence electrons. The number of nitrogen functional groups attached to an aromatic ring is 1. The number of aryl methyl sites for hydroxylation is 1. The monoisotopic (exact) mass is 308 g/mol. The first kappa shape index (κ1) is 14.7. The molecule has 0 spiro atoms. The quantitative estimate of drug-likeness (QED) is 0.847. The minimum Gasteiger partial charge on any atom is -0.399 e. The molecule has 0 saturated carbocycles. The second-order valence-electron chi connectivity index (χ2n) is 4.53. The minimum absolute atomic E-state index is 0.210. The van der Waals surface area contributed by atoms with E-state index in [1.165, 1.54) is 17.7 Å². The van der Waals surface area contributed by atoms with Crippen molar-refractivity contribution in [2.45, 2.75) is 13.5 Å². The van der Waals surface area contributed by atoms with Crippen LogP contribution in [0.4, 0.5) is 5.69 Å². The van der Waals surface area contributed by atoms with Crippen molar-refractivity contribution in [2.24, 2.45) is 0 Å². The molecule has 3 N–H and O–H groups in total. The largest absolute Gasteiger partial charge is 0.399 e. The highest BCUT2D eigenvalue weighted by Crippen LogP contribution is 2.28. The number of hydrogen-bond donors (Lipinski definition) is 2. The van der Waals surface area contributed by atoms with Crippen LogP contribution < -0.4 is 11.1 Å². The molecular weight excluding hydrogens is 295 g/mol. The highest BCUT2D eigenvalue weighted by Gasteiger charge is 2.13. The number of hydrogen-bond acceptors (Lipinski definition) is 2. The Morgan fingerprint density at radius 2 is 1.85 bits per heavy atom. The molecule has 20 heavy (non-hydrogen) atoms. The molecule has 0 heterocycles. The molecule has 5 heteroatoms. The SMILES string of the molecule is Cc1ccc(CNC(=O)c2cc(N)cc(Cl)c2Cl)cc1. The predicted octanol–water partition coefficient (Wildman–Crippen LogP) is 3.81. The van der Waals surface area contributed by atoms with Gasteiger partial charge in [0.25, 0.3) is 5.91 Å². The van der Waals surface area contributed by atoms with Gasteiger partial charge in [-0.05, 0) is 24.6 Å². The number of nitrogens with two attached hydrogens (primary N) is 1. The summed E-state index contributed by atoms with van der Waals surface area (Å²) in [5.74, 6) is -0.301. The van der Waals surface area contributed by atoms with Crippen LogP contribution in [-0.2, 0) is 6.54 Å². The van der Waals surface area contributed by atoms with Crippen LogP contribution in [0, 0.1) is 6.92 Å². The molecule has 2 aromatic carbocycles. The third-order valence-electron chi connectivity index (χ3n) is 2.87. The Balaban J connectivity index is 2.11. The van der Waals surface area contributed by atoms with Gasteiger partial charge in [0.05, 0.1) is 15.6 Å². The van der Waals surface area contributed by atoms with Crippen molar-refractivity contribution in [2.75, 3.05) is 5.73 Å². The fourth-order valence-corrected chi connectivity index (χ4v) is 2.18. The number of halogens is 2. The molecule has 2 rings (SSSR count). The molecule has 0 saturated heterocycles. The van der Waals surface area contributed by atoms with Gasteiger partial charge in [-0.25, -0.2) is 0 Å². The first-order valence-corrected chi connectivity index (χ1v) is 6.81. The molecular formula is C15H14Cl2N2O. The van der Waals surface area contributed by atoms with E-state index in [-0.39, 0.29) is 21.5 Å². The van der Waals surface area contributed by atoms with Crippen LogP contribution in [0.2, 0.25) is 10.0 Å². The molecule has 0 atom stereocenters. The van der Waals surface area contributed by atoms with E-state index in [2.05, 4.69) is 5.32 Å². The summed E-state index contributed by atoms with van der Waals surface area (Å²) >= 11 is 11.9. The maximum atomic E-state index is 12.1. The third kappa shape index (κ3) is 3.44. The van der Waals surface area contributed by atoms with E-state index in [0.717, 1.165) is 5.56 Å². The van der Waals surface area contributed by atoms with Crippen LogP contribution in [0.3, 0.4) is 0 Å². The first-order valence-electron chi connectivity index (χ1n) is 6.05. The Bertz CT molecular complexity index is 639. The molecule has 0 aliphatic carbocycles. The number of amides is 1. The van der Waals surface area contributed by atoms with E-state index in [4.69, 9.17) is 28.9 Å². The Morgan fingerprint density at radius 1 is 1.20 bits per heavy atom. The summed E-state index contributed by atoms with van der Waals surface area (Å²) in [5.41, 5.74) is 8.53. The summed E-state index contributed by atoms with van der Waals surface area (Å²) in [6.45, 7) is 2.43. The lowest BCUT2D eigenvalue weighted by molar-refractivity contribution is 0.0951. The normalized spacial score (nSPS) is 10.3. The highest BCUT2D eigenvalue weighted by atomic mass is 35.5. The average Bonchev–Trinajstić information content (AvgIpc) is 2.42. The van der Waals surface area contributed by atoms with E-state index in [1.54, 1.807) is 0 Å². The zero-order valence-corrected chi connectivity index (χ0v) is 12.4. The number of benzene rings is 2. The fourth-order valence-electron chi connectivity index (χ4n) is 1.76. The van der Waals surface area contributed by atoms with Gasteiger partial charge in [-0.1, -0.05) is 53.0 Å². The van der Waals surface area contributed by atoms with Gasteiger partial charge in [0.1, 0.15) is 0 Å². The topological polar surface area (TPSA) is 55.1 Å². The van der Waals surface area contributed by atoms with Gasteiger partial charge in [-0.3, -0.25) is 4.79 Å². The van der Waals surface area contributed by atoms with E-state index in [1.807, 2.05) is 31.2 Å². The Kier molecular flexibility index (Phi) is 4.53.